The van der Waals surface area contributed by atoms with Crippen LogP contribution in [-0.4, -0.2) is 46.7 Å². The zero-order valence-electron chi connectivity index (χ0n) is 14.3. The van der Waals surface area contributed by atoms with Crippen molar-refractivity contribution in [1.29, 1.82) is 0 Å². The number of rotatable bonds is 5. The molecule has 5 nitrogen and oxygen atoms in total. The van der Waals surface area contributed by atoms with Gasteiger partial charge in [-0.15, -0.1) is 12.4 Å². The van der Waals surface area contributed by atoms with Crippen LogP contribution in [0.4, 0.5) is 0 Å². The summed E-state index contributed by atoms with van der Waals surface area (Å²) in [4.78, 5) is 14.9. The number of carbonyl (C=O) groups excluding carboxylic acids is 1. The summed E-state index contributed by atoms with van der Waals surface area (Å²) in [6, 6.07) is 9.60. The molecule has 0 unspecified atom stereocenters. The highest BCUT2D eigenvalue weighted by Crippen LogP contribution is 2.22. The van der Waals surface area contributed by atoms with Gasteiger partial charge in [-0.25, -0.2) is 0 Å². The second-order valence-electron chi connectivity index (χ2n) is 6.15. The Morgan fingerprint density at radius 1 is 1.28 bits per heavy atom. The van der Waals surface area contributed by atoms with Gasteiger partial charge in [0.1, 0.15) is 5.69 Å². The van der Waals surface area contributed by atoms with Crippen LogP contribution < -0.4 is 5.32 Å². The number of hydrogen-bond acceptors (Lipinski definition) is 3. The van der Waals surface area contributed by atoms with Gasteiger partial charge in [-0.1, -0.05) is 30.7 Å². The average molecular weight is 383 g/mol. The first kappa shape index (κ1) is 19.8. The van der Waals surface area contributed by atoms with Crippen LogP contribution in [0.2, 0.25) is 5.02 Å². The highest BCUT2D eigenvalue weighted by Gasteiger charge is 2.26. The Morgan fingerprint density at radius 3 is 2.60 bits per heavy atom. The van der Waals surface area contributed by atoms with Crippen molar-refractivity contribution in [2.45, 2.75) is 32.2 Å². The van der Waals surface area contributed by atoms with Crippen LogP contribution in [0, 0.1) is 0 Å². The Balaban J connectivity index is 0.00000225. The molecule has 0 bridgehead atoms. The van der Waals surface area contributed by atoms with Crippen molar-refractivity contribution in [3.05, 3.63) is 41.0 Å². The van der Waals surface area contributed by atoms with Crippen LogP contribution in [0.3, 0.4) is 0 Å². The number of carbonyl (C=O) groups is 1. The summed E-state index contributed by atoms with van der Waals surface area (Å²) in [5.74, 6) is 0.0384. The average Bonchev–Trinajstić information content (AvgIpc) is 3.10. The molecule has 1 aromatic carbocycles. The van der Waals surface area contributed by atoms with Gasteiger partial charge in [0.15, 0.2) is 0 Å². The lowest BCUT2D eigenvalue weighted by molar-refractivity contribution is 0.0636. The van der Waals surface area contributed by atoms with Crippen LogP contribution in [0.15, 0.2) is 30.3 Å². The first-order valence-corrected chi connectivity index (χ1v) is 8.90. The third kappa shape index (κ3) is 4.75. The lowest BCUT2D eigenvalue weighted by atomic mass is 10.0. The molecule has 1 aliphatic rings. The fraction of sp³-hybridized carbons (Fsp3) is 0.444. The molecule has 1 amide bonds. The molecule has 0 radical (unpaired) electrons. The van der Waals surface area contributed by atoms with E-state index in [4.69, 9.17) is 11.6 Å². The molecule has 0 atom stereocenters. The van der Waals surface area contributed by atoms with Gasteiger partial charge in [-0.2, -0.15) is 5.10 Å². The van der Waals surface area contributed by atoms with Gasteiger partial charge in [0, 0.05) is 23.2 Å². The molecule has 2 heterocycles. The topological polar surface area (TPSA) is 61.0 Å². The summed E-state index contributed by atoms with van der Waals surface area (Å²) in [6.45, 7) is 4.82. The van der Waals surface area contributed by atoms with Crippen LogP contribution >= 0.6 is 24.0 Å². The Labute approximate surface area is 159 Å². The van der Waals surface area contributed by atoms with E-state index in [9.17, 15) is 4.79 Å². The molecule has 25 heavy (non-hydrogen) atoms. The fourth-order valence-electron chi connectivity index (χ4n) is 3.16. The van der Waals surface area contributed by atoms with E-state index in [1.54, 1.807) is 0 Å². The number of H-pyrrole nitrogens is 1. The van der Waals surface area contributed by atoms with Crippen molar-refractivity contribution in [2.75, 3.05) is 19.6 Å². The number of aromatic nitrogens is 2. The molecule has 0 saturated carbocycles. The van der Waals surface area contributed by atoms with Crippen LogP contribution in [0.5, 0.6) is 0 Å². The summed E-state index contributed by atoms with van der Waals surface area (Å²) < 4.78 is 0. The zero-order chi connectivity index (χ0) is 16.9. The molecule has 1 aromatic heterocycles. The standard InChI is InChI=1S/C18H23ClN4O.ClH/c1-2-11-23(15-7-9-20-10-8-15)18(24)17-12-16(21-22-17)13-3-5-14(19)6-4-13;/h3-6,12,15,20H,2,7-11H2,1H3,(H,21,22);1H. The smallest absolute Gasteiger partial charge is 0.272 e. The molecule has 3 rings (SSSR count). The predicted octanol–water partition coefficient (Wildman–Crippen LogP) is 3.76. The fourth-order valence-corrected chi connectivity index (χ4v) is 3.29. The van der Waals surface area contributed by atoms with E-state index in [1.807, 2.05) is 35.2 Å². The second-order valence-corrected chi connectivity index (χ2v) is 6.59. The maximum Gasteiger partial charge on any atom is 0.272 e. The van der Waals surface area contributed by atoms with Gasteiger partial charge in [0.05, 0.1) is 5.69 Å². The Kier molecular flexibility index (Phi) is 7.29. The Morgan fingerprint density at radius 2 is 1.96 bits per heavy atom. The molecule has 1 aliphatic heterocycles. The summed E-state index contributed by atoms with van der Waals surface area (Å²) in [6.07, 6.45) is 2.96. The highest BCUT2D eigenvalue weighted by molar-refractivity contribution is 6.30. The normalized spacial score (nSPS) is 14.8. The van der Waals surface area contributed by atoms with Crippen molar-refractivity contribution >= 4 is 29.9 Å². The first-order chi connectivity index (χ1) is 11.7. The summed E-state index contributed by atoms with van der Waals surface area (Å²) in [5.41, 5.74) is 2.25. The summed E-state index contributed by atoms with van der Waals surface area (Å²) >= 11 is 5.92. The number of halogens is 2. The maximum atomic E-state index is 12.9. The SMILES string of the molecule is CCCN(C(=O)c1cc(-c2ccc(Cl)cc2)n[nH]1)C1CCNCC1.Cl. The van der Waals surface area contributed by atoms with E-state index < -0.39 is 0 Å². The van der Waals surface area contributed by atoms with E-state index in [0.29, 0.717) is 16.8 Å². The van der Waals surface area contributed by atoms with Gasteiger partial charge in [-0.3, -0.25) is 9.89 Å². The predicted molar refractivity (Wildman–Crippen MR) is 104 cm³/mol. The van der Waals surface area contributed by atoms with Crippen LogP contribution in [-0.2, 0) is 0 Å². The molecule has 2 N–H and O–H groups in total. The third-order valence-electron chi connectivity index (χ3n) is 4.42. The Hall–Kier alpha value is -1.56. The maximum absolute atomic E-state index is 12.9. The number of amides is 1. The van der Waals surface area contributed by atoms with Crippen molar-refractivity contribution in [3.8, 4) is 11.3 Å². The quantitative estimate of drug-likeness (QED) is 0.827. The van der Waals surface area contributed by atoms with Crippen molar-refractivity contribution in [2.24, 2.45) is 0 Å². The Bertz CT molecular complexity index is 681. The van der Waals surface area contributed by atoms with Gasteiger partial charge in [-0.05, 0) is 50.6 Å². The first-order valence-electron chi connectivity index (χ1n) is 8.52. The highest BCUT2D eigenvalue weighted by atomic mass is 35.5. The van der Waals surface area contributed by atoms with E-state index >= 15 is 0 Å². The molecule has 1 saturated heterocycles. The van der Waals surface area contributed by atoms with Gasteiger partial charge < -0.3 is 10.2 Å². The summed E-state index contributed by atoms with van der Waals surface area (Å²) in [5, 5.41) is 11.2. The number of nitrogens with zero attached hydrogens (tertiary/aromatic N) is 2. The number of benzene rings is 1. The third-order valence-corrected chi connectivity index (χ3v) is 4.68. The lowest BCUT2D eigenvalue weighted by Gasteiger charge is -2.34. The van der Waals surface area contributed by atoms with Gasteiger partial charge in [0.25, 0.3) is 5.91 Å². The van der Waals surface area contributed by atoms with E-state index in [0.717, 1.165) is 50.2 Å². The molecular weight excluding hydrogens is 359 g/mol. The van der Waals surface area contributed by atoms with E-state index in [1.165, 1.54) is 0 Å². The van der Waals surface area contributed by atoms with E-state index in [2.05, 4.69) is 22.4 Å². The second kappa shape index (κ2) is 9.22. The minimum atomic E-state index is 0. The molecule has 7 heteroatoms. The van der Waals surface area contributed by atoms with Crippen molar-refractivity contribution in [3.63, 3.8) is 0 Å². The van der Waals surface area contributed by atoms with Crippen molar-refractivity contribution < 1.29 is 4.79 Å². The number of aromatic amines is 1. The molecule has 1 fully saturated rings. The van der Waals surface area contributed by atoms with Crippen LogP contribution in [0.25, 0.3) is 11.3 Å². The van der Waals surface area contributed by atoms with Crippen LogP contribution in [0.1, 0.15) is 36.7 Å². The number of nitrogens with one attached hydrogen (secondary N) is 2. The minimum Gasteiger partial charge on any atom is -0.334 e. The van der Waals surface area contributed by atoms with Crippen molar-refractivity contribution in [1.82, 2.24) is 20.4 Å². The lowest BCUT2D eigenvalue weighted by Crippen LogP contribution is -2.46. The summed E-state index contributed by atoms with van der Waals surface area (Å²) in [7, 11) is 0. The minimum absolute atomic E-state index is 0. The molecule has 2 aromatic rings. The number of piperidine rings is 1. The zero-order valence-corrected chi connectivity index (χ0v) is 15.9. The molecule has 0 aliphatic carbocycles. The van der Waals surface area contributed by atoms with E-state index in [-0.39, 0.29) is 18.3 Å². The van der Waals surface area contributed by atoms with Gasteiger partial charge in [0.2, 0.25) is 0 Å². The van der Waals surface area contributed by atoms with Gasteiger partial charge >= 0.3 is 0 Å². The molecule has 0 spiro atoms. The largest absolute Gasteiger partial charge is 0.334 e. The number of hydrogen-bond donors (Lipinski definition) is 2. The molecular formula is C18H24Cl2N4O. The molecule has 136 valence electrons. The monoisotopic (exact) mass is 382 g/mol.